The molecule has 2 N–H and O–H groups in total. The average molecular weight is 433 g/mol. The zero-order valence-electron chi connectivity index (χ0n) is 15.3. The Morgan fingerprint density at radius 2 is 2.00 bits per heavy atom. The van der Waals surface area contributed by atoms with Gasteiger partial charge in [-0.3, -0.25) is 9.59 Å². The van der Waals surface area contributed by atoms with E-state index in [1.54, 1.807) is 0 Å². The summed E-state index contributed by atoms with van der Waals surface area (Å²) in [5.41, 5.74) is -2.82. The van der Waals surface area contributed by atoms with E-state index in [9.17, 15) is 27.9 Å². The van der Waals surface area contributed by atoms with Crippen LogP contribution in [0.2, 0.25) is 0 Å². The highest BCUT2D eigenvalue weighted by Gasteiger charge is 2.58. The number of thiazole rings is 2. The maximum Gasteiger partial charge on any atom is 0.424 e. The molecule has 0 aliphatic heterocycles. The van der Waals surface area contributed by atoms with Crippen molar-refractivity contribution >= 4 is 39.5 Å². The number of alkyl halides is 3. The van der Waals surface area contributed by atoms with Crippen molar-refractivity contribution in [1.82, 2.24) is 9.97 Å². The lowest BCUT2D eigenvalue weighted by molar-refractivity contribution is -0.266. The third-order valence-corrected chi connectivity index (χ3v) is 6.51. The van der Waals surface area contributed by atoms with Crippen LogP contribution >= 0.6 is 22.7 Å². The minimum absolute atomic E-state index is 0.0425. The molecule has 1 atom stereocenters. The second-order valence-electron chi connectivity index (χ2n) is 7.61. The van der Waals surface area contributed by atoms with Crippen LogP contribution in [0.3, 0.4) is 0 Å². The number of anilines is 1. The fraction of sp³-hybridized carbons (Fsp3) is 0.529. The van der Waals surface area contributed by atoms with Crippen molar-refractivity contribution in [1.29, 1.82) is 0 Å². The van der Waals surface area contributed by atoms with E-state index in [1.807, 2.05) is 13.8 Å². The van der Waals surface area contributed by atoms with E-state index in [0.717, 1.165) is 11.3 Å². The first-order valence-electron chi connectivity index (χ1n) is 8.35. The van der Waals surface area contributed by atoms with E-state index in [0.29, 0.717) is 40.4 Å². The number of fused-ring (bicyclic) bond motifs is 1. The second kappa shape index (κ2) is 6.89. The van der Waals surface area contributed by atoms with Crippen LogP contribution in [0.25, 0.3) is 0 Å². The summed E-state index contributed by atoms with van der Waals surface area (Å²) in [5, 5.41) is 13.3. The van der Waals surface area contributed by atoms with Crippen LogP contribution in [0.4, 0.5) is 18.3 Å². The topological polar surface area (TPSA) is 92.2 Å². The molecule has 11 heteroatoms. The molecule has 0 bridgehead atoms. The van der Waals surface area contributed by atoms with Gasteiger partial charge < -0.3 is 10.4 Å². The SMILES string of the molecule is Cc1csc(C(O)(CC(=O)Nc2nc3c(s2)C(=O)CC(C)(C)C3)C(F)(F)F)n1. The summed E-state index contributed by atoms with van der Waals surface area (Å²) >= 11 is 1.57. The van der Waals surface area contributed by atoms with Crippen LogP contribution in [0.15, 0.2) is 5.38 Å². The zero-order chi connectivity index (χ0) is 20.9. The highest BCUT2D eigenvalue weighted by molar-refractivity contribution is 7.17. The lowest BCUT2D eigenvalue weighted by Gasteiger charge is -2.27. The summed E-state index contributed by atoms with van der Waals surface area (Å²) in [4.78, 5) is 32.8. The Morgan fingerprint density at radius 1 is 1.32 bits per heavy atom. The molecule has 0 aromatic carbocycles. The number of aryl methyl sites for hydroxylation is 1. The van der Waals surface area contributed by atoms with Crippen molar-refractivity contribution in [3.05, 3.63) is 26.7 Å². The Kier molecular flexibility index (Phi) is 5.13. The minimum atomic E-state index is -5.09. The van der Waals surface area contributed by atoms with E-state index in [2.05, 4.69) is 15.3 Å². The number of Topliss-reactive ketones (excluding diaryl/α,β-unsaturated/α-hetero) is 1. The first kappa shape index (κ1) is 20.9. The fourth-order valence-corrected chi connectivity index (χ4v) is 4.86. The first-order chi connectivity index (χ1) is 12.8. The van der Waals surface area contributed by atoms with Gasteiger partial charge in [0.2, 0.25) is 11.5 Å². The van der Waals surface area contributed by atoms with E-state index < -0.39 is 29.1 Å². The van der Waals surface area contributed by atoms with Gasteiger partial charge in [-0.05, 0) is 18.8 Å². The van der Waals surface area contributed by atoms with E-state index >= 15 is 0 Å². The quantitative estimate of drug-likeness (QED) is 0.764. The van der Waals surface area contributed by atoms with Crippen molar-refractivity contribution in [2.45, 2.75) is 51.8 Å². The molecule has 6 nitrogen and oxygen atoms in total. The third-order valence-electron chi connectivity index (χ3n) is 4.34. The number of hydrogen-bond donors (Lipinski definition) is 2. The Bertz CT molecular complexity index is 936. The number of hydrogen-bond acceptors (Lipinski definition) is 7. The van der Waals surface area contributed by atoms with Gasteiger partial charge in [0.05, 0.1) is 17.0 Å². The van der Waals surface area contributed by atoms with Gasteiger partial charge >= 0.3 is 6.18 Å². The van der Waals surface area contributed by atoms with Gasteiger partial charge in [-0.15, -0.1) is 11.3 Å². The van der Waals surface area contributed by atoms with Crippen molar-refractivity contribution in [3.8, 4) is 0 Å². The molecular formula is C17H18F3N3O3S2. The van der Waals surface area contributed by atoms with E-state index in [4.69, 9.17) is 0 Å². The Labute approximate surface area is 166 Å². The van der Waals surface area contributed by atoms with Crippen LogP contribution in [-0.4, -0.2) is 32.9 Å². The van der Waals surface area contributed by atoms with Crippen LogP contribution in [0, 0.1) is 12.3 Å². The lowest BCUT2D eigenvalue weighted by Crippen LogP contribution is -2.45. The summed E-state index contributed by atoms with van der Waals surface area (Å²) in [5.74, 6) is -1.17. The molecular weight excluding hydrogens is 415 g/mol. The molecule has 1 unspecified atom stereocenters. The van der Waals surface area contributed by atoms with Crippen molar-refractivity contribution in [2.75, 3.05) is 5.32 Å². The molecule has 0 fully saturated rings. The number of carbonyl (C=O) groups is 2. The van der Waals surface area contributed by atoms with Crippen molar-refractivity contribution in [2.24, 2.45) is 5.41 Å². The smallest absolute Gasteiger partial charge is 0.374 e. The molecule has 0 saturated heterocycles. The van der Waals surface area contributed by atoms with Gasteiger partial charge in [0, 0.05) is 17.5 Å². The minimum Gasteiger partial charge on any atom is -0.374 e. The summed E-state index contributed by atoms with van der Waals surface area (Å²) in [6, 6.07) is 0. The highest BCUT2D eigenvalue weighted by atomic mass is 32.1. The molecule has 1 amide bonds. The third kappa shape index (κ3) is 3.96. The van der Waals surface area contributed by atoms with Gasteiger partial charge in [-0.1, -0.05) is 25.2 Å². The number of rotatable bonds is 4. The second-order valence-corrected chi connectivity index (χ2v) is 9.47. The molecule has 0 spiro atoms. The number of halogens is 3. The van der Waals surface area contributed by atoms with Gasteiger partial charge in [0.15, 0.2) is 10.9 Å². The number of nitrogens with zero attached hydrogens (tertiary/aromatic N) is 2. The van der Waals surface area contributed by atoms with Crippen molar-refractivity contribution < 1.29 is 27.9 Å². The van der Waals surface area contributed by atoms with Crippen LogP contribution in [0.5, 0.6) is 0 Å². The molecule has 0 saturated carbocycles. The van der Waals surface area contributed by atoms with Gasteiger partial charge in [-0.25, -0.2) is 9.97 Å². The molecule has 152 valence electrons. The number of carbonyl (C=O) groups excluding carboxylic acids is 2. The van der Waals surface area contributed by atoms with Crippen LogP contribution in [0.1, 0.15) is 52.8 Å². The maximum atomic E-state index is 13.5. The maximum absolute atomic E-state index is 13.5. The Morgan fingerprint density at radius 3 is 2.57 bits per heavy atom. The molecule has 3 rings (SSSR count). The van der Waals surface area contributed by atoms with Crippen LogP contribution < -0.4 is 5.32 Å². The predicted molar refractivity (Wildman–Crippen MR) is 98.6 cm³/mol. The summed E-state index contributed by atoms with van der Waals surface area (Å²) in [7, 11) is 0. The monoisotopic (exact) mass is 433 g/mol. The number of nitrogens with one attached hydrogen (secondary N) is 1. The molecule has 0 radical (unpaired) electrons. The van der Waals surface area contributed by atoms with Crippen LogP contribution in [-0.2, 0) is 16.8 Å². The molecule has 28 heavy (non-hydrogen) atoms. The molecule has 1 aliphatic carbocycles. The predicted octanol–water partition coefficient (Wildman–Crippen LogP) is 3.84. The Balaban J connectivity index is 1.81. The Hall–Kier alpha value is -1.85. The lowest BCUT2D eigenvalue weighted by atomic mass is 9.78. The molecule has 2 aromatic heterocycles. The summed E-state index contributed by atoms with van der Waals surface area (Å²) < 4.78 is 40.5. The normalized spacial score (nSPS) is 18.5. The van der Waals surface area contributed by atoms with Gasteiger partial charge in [-0.2, -0.15) is 13.2 Å². The van der Waals surface area contributed by atoms with Crippen molar-refractivity contribution in [3.63, 3.8) is 0 Å². The van der Waals surface area contributed by atoms with Gasteiger partial charge in [0.25, 0.3) is 0 Å². The number of aliphatic hydroxyl groups is 1. The molecule has 2 aromatic rings. The van der Waals surface area contributed by atoms with E-state index in [1.165, 1.54) is 12.3 Å². The molecule has 1 aliphatic rings. The first-order valence-corrected chi connectivity index (χ1v) is 10.0. The van der Waals surface area contributed by atoms with E-state index in [-0.39, 0.29) is 16.3 Å². The standard InChI is InChI=1S/C17H18F3N3O3S2/c1-8-7-27-13(21-8)16(26,17(18,19)20)6-11(25)23-14-22-9-4-15(2,3)5-10(24)12(9)28-14/h7,26H,4-6H2,1-3H3,(H,22,23,25). The largest absolute Gasteiger partial charge is 0.424 e. The zero-order valence-corrected chi connectivity index (χ0v) is 16.9. The highest BCUT2D eigenvalue weighted by Crippen LogP contribution is 2.43. The number of ketones is 1. The van der Waals surface area contributed by atoms with Gasteiger partial charge in [0.1, 0.15) is 5.01 Å². The summed E-state index contributed by atoms with van der Waals surface area (Å²) in [6.07, 6.45) is -5.47. The average Bonchev–Trinajstić information content (AvgIpc) is 3.11. The fourth-order valence-electron chi connectivity index (χ4n) is 3.01. The summed E-state index contributed by atoms with van der Waals surface area (Å²) in [6.45, 7) is 5.34. The number of aromatic nitrogens is 2. The molecule has 2 heterocycles. The number of amides is 1.